The van der Waals surface area contributed by atoms with Crippen molar-refractivity contribution < 1.29 is 4.79 Å². The third-order valence-electron chi connectivity index (χ3n) is 4.47. The highest BCUT2D eigenvalue weighted by Gasteiger charge is 2.21. The first-order chi connectivity index (χ1) is 15.2. The number of rotatable bonds is 8. The molecule has 1 amide bonds. The Morgan fingerprint density at radius 3 is 2.48 bits per heavy atom. The van der Waals surface area contributed by atoms with Crippen LogP contribution in [0, 0.1) is 0 Å². The second-order valence-electron chi connectivity index (χ2n) is 6.58. The van der Waals surface area contributed by atoms with Crippen LogP contribution < -0.4 is 5.32 Å². The van der Waals surface area contributed by atoms with Gasteiger partial charge in [-0.25, -0.2) is 14.6 Å². The molecule has 4 aromatic rings. The van der Waals surface area contributed by atoms with Crippen LogP contribution in [0.5, 0.6) is 0 Å². The van der Waals surface area contributed by atoms with Gasteiger partial charge in [0.2, 0.25) is 0 Å². The summed E-state index contributed by atoms with van der Waals surface area (Å²) in [6.45, 7) is 0.505. The molecule has 0 fully saturated rings. The summed E-state index contributed by atoms with van der Waals surface area (Å²) in [7, 11) is 0. The van der Waals surface area contributed by atoms with Crippen molar-refractivity contribution in [3.05, 3.63) is 95.0 Å². The zero-order valence-corrected chi connectivity index (χ0v) is 18.1. The van der Waals surface area contributed by atoms with Crippen LogP contribution in [0.2, 0.25) is 5.02 Å². The number of benzene rings is 2. The predicted octanol–water partition coefficient (Wildman–Crippen LogP) is 3.98. The lowest BCUT2D eigenvalue weighted by molar-refractivity contribution is 0.0948. The molecule has 0 saturated heterocycles. The number of thioether (sulfide) groups is 1. The average molecular weight is 451 g/mol. The highest BCUT2D eigenvalue weighted by Crippen LogP contribution is 2.23. The molecule has 0 aliphatic rings. The summed E-state index contributed by atoms with van der Waals surface area (Å²) >= 11 is 7.43. The van der Waals surface area contributed by atoms with Gasteiger partial charge in [0, 0.05) is 29.7 Å². The Morgan fingerprint density at radius 1 is 1.00 bits per heavy atom. The Labute approximate surface area is 188 Å². The predicted molar refractivity (Wildman–Crippen MR) is 120 cm³/mol. The topological polar surface area (TPSA) is 85.6 Å². The fourth-order valence-corrected chi connectivity index (χ4v) is 3.86. The Morgan fingerprint density at radius 2 is 1.74 bits per heavy atom. The highest BCUT2D eigenvalue weighted by atomic mass is 35.5. The molecule has 0 unspecified atom stereocenters. The molecule has 7 nitrogen and oxygen atoms in total. The second kappa shape index (κ2) is 10.2. The first kappa shape index (κ1) is 21.0. The van der Waals surface area contributed by atoms with Crippen LogP contribution >= 0.6 is 23.4 Å². The summed E-state index contributed by atoms with van der Waals surface area (Å²) in [4.78, 5) is 21.3. The maximum atomic E-state index is 12.9. The first-order valence-corrected chi connectivity index (χ1v) is 11.0. The molecule has 9 heteroatoms. The lowest BCUT2D eigenvalue weighted by atomic mass is 10.1. The summed E-state index contributed by atoms with van der Waals surface area (Å²) in [5.41, 5.74) is 2.87. The summed E-state index contributed by atoms with van der Waals surface area (Å²) < 4.78 is 1.65. The zero-order valence-electron chi connectivity index (χ0n) is 16.5. The molecule has 2 aromatic carbocycles. The fraction of sp³-hybridized carbons (Fsp3) is 0.136. The quantitative estimate of drug-likeness (QED) is 0.323. The van der Waals surface area contributed by atoms with Gasteiger partial charge in [0.05, 0.1) is 11.4 Å². The van der Waals surface area contributed by atoms with Gasteiger partial charge in [0.1, 0.15) is 0 Å². The molecule has 4 rings (SSSR count). The SMILES string of the molecule is O=C(NCCc1ccccc1)c1nnn(-c2ccc(Cl)cc2)c1CSc1ncccn1. The van der Waals surface area contributed by atoms with Crippen molar-refractivity contribution in [1.82, 2.24) is 30.3 Å². The number of hydrogen-bond acceptors (Lipinski definition) is 6. The van der Waals surface area contributed by atoms with Crippen molar-refractivity contribution >= 4 is 29.3 Å². The van der Waals surface area contributed by atoms with Gasteiger partial charge >= 0.3 is 0 Å². The molecule has 31 heavy (non-hydrogen) atoms. The van der Waals surface area contributed by atoms with Crippen molar-refractivity contribution in [2.45, 2.75) is 17.3 Å². The molecule has 0 bridgehead atoms. The number of amides is 1. The molecule has 0 saturated carbocycles. The van der Waals surface area contributed by atoms with E-state index in [0.29, 0.717) is 28.2 Å². The standard InChI is InChI=1S/C22H19ClN6OS/c23-17-7-9-18(10-8-17)29-19(15-31-22-25-12-4-13-26-22)20(27-28-29)21(30)24-14-11-16-5-2-1-3-6-16/h1-10,12-13H,11,14-15H2,(H,24,30). The van der Waals surface area contributed by atoms with Gasteiger partial charge in [-0.15, -0.1) is 5.10 Å². The van der Waals surface area contributed by atoms with Gasteiger partial charge in [-0.1, -0.05) is 58.9 Å². The van der Waals surface area contributed by atoms with Crippen molar-refractivity contribution in [3.8, 4) is 5.69 Å². The minimum Gasteiger partial charge on any atom is -0.350 e. The minimum atomic E-state index is -0.263. The molecular formula is C22H19ClN6OS. The largest absolute Gasteiger partial charge is 0.350 e. The maximum Gasteiger partial charge on any atom is 0.273 e. The molecule has 2 heterocycles. The van der Waals surface area contributed by atoms with Crippen molar-refractivity contribution in [1.29, 1.82) is 0 Å². The van der Waals surface area contributed by atoms with E-state index in [1.54, 1.807) is 35.3 Å². The summed E-state index contributed by atoms with van der Waals surface area (Å²) in [6.07, 6.45) is 4.10. The molecule has 0 spiro atoms. The van der Waals surface area contributed by atoms with E-state index < -0.39 is 0 Å². The average Bonchev–Trinajstić information content (AvgIpc) is 3.23. The van der Waals surface area contributed by atoms with Crippen LogP contribution in [0.1, 0.15) is 21.7 Å². The van der Waals surface area contributed by atoms with Crippen LogP contribution in [0.3, 0.4) is 0 Å². The molecule has 1 N–H and O–H groups in total. The van der Waals surface area contributed by atoms with Gasteiger partial charge in [0.25, 0.3) is 5.91 Å². The van der Waals surface area contributed by atoms with Crippen molar-refractivity contribution in [3.63, 3.8) is 0 Å². The Balaban J connectivity index is 1.54. The van der Waals surface area contributed by atoms with E-state index in [9.17, 15) is 4.79 Å². The molecule has 156 valence electrons. The summed E-state index contributed by atoms with van der Waals surface area (Å²) in [5, 5.41) is 12.6. The lowest BCUT2D eigenvalue weighted by Crippen LogP contribution is -2.27. The molecule has 0 aliphatic heterocycles. The number of nitrogens with zero attached hydrogens (tertiary/aromatic N) is 5. The number of hydrogen-bond donors (Lipinski definition) is 1. The minimum absolute atomic E-state index is 0.263. The molecule has 0 atom stereocenters. The number of halogens is 1. The van der Waals surface area contributed by atoms with Gasteiger partial charge < -0.3 is 5.32 Å². The van der Waals surface area contributed by atoms with E-state index in [4.69, 9.17) is 11.6 Å². The second-order valence-corrected chi connectivity index (χ2v) is 7.96. The van der Waals surface area contributed by atoms with Crippen LogP contribution in [-0.4, -0.2) is 37.4 Å². The lowest BCUT2D eigenvalue weighted by Gasteiger charge is -2.08. The Hall–Kier alpha value is -3.23. The normalized spacial score (nSPS) is 10.7. The fourth-order valence-electron chi connectivity index (χ4n) is 2.94. The Bertz CT molecular complexity index is 1140. The number of carbonyl (C=O) groups excluding carboxylic acids is 1. The van der Waals surface area contributed by atoms with Gasteiger partial charge in [-0.2, -0.15) is 0 Å². The number of aromatic nitrogens is 5. The summed E-state index contributed by atoms with van der Waals surface area (Å²) in [5.74, 6) is 0.168. The van der Waals surface area contributed by atoms with Crippen LogP contribution in [-0.2, 0) is 12.2 Å². The number of nitrogens with one attached hydrogen (secondary N) is 1. The monoisotopic (exact) mass is 450 g/mol. The van der Waals surface area contributed by atoms with E-state index in [2.05, 4.69) is 25.6 Å². The first-order valence-electron chi connectivity index (χ1n) is 9.63. The highest BCUT2D eigenvalue weighted by molar-refractivity contribution is 7.98. The van der Waals surface area contributed by atoms with E-state index >= 15 is 0 Å². The molecule has 0 aliphatic carbocycles. The van der Waals surface area contributed by atoms with Gasteiger partial charge in [-0.3, -0.25) is 4.79 Å². The smallest absolute Gasteiger partial charge is 0.273 e. The Kier molecular flexibility index (Phi) is 6.91. The van der Waals surface area contributed by atoms with Gasteiger partial charge in [0.15, 0.2) is 10.9 Å². The summed E-state index contributed by atoms with van der Waals surface area (Å²) in [6, 6.07) is 19.0. The molecule has 2 aromatic heterocycles. The van der Waals surface area contributed by atoms with E-state index in [1.807, 2.05) is 42.5 Å². The van der Waals surface area contributed by atoms with E-state index in [0.717, 1.165) is 17.7 Å². The van der Waals surface area contributed by atoms with E-state index in [1.165, 1.54) is 11.8 Å². The van der Waals surface area contributed by atoms with Crippen LogP contribution in [0.15, 0.2) is 78.2 Å². The van der Waals surface area contributed by atoms with E-state index in [-0.39, 0.29) is 11.6 Å². The third-order valence-corrected chi connectivity index (χ3v) is 5.61. The maximum absolute atomic E-state index is 12.9. The third kappa shape index (κ3) is 5.48. The number of carbonyl (C=O) groups is 1. The van der Waals surface area contributed by atoms with Crippen molar-refractivity contribution in [2.24, 2.45) is 0 Å². The molecule has 0 radical (unpaired) electrons. The van der Waals surface area contributed by atoms with Crippen LogP contribution in [0.4, 0.5) is 0 Å². The van der Waals surface area contributed by atoms with Gasteiger partial charge in [-0.05, 0) is 42.3 Å². The molecular weight excluding hydrogens is 432 g/mol. The van der Waals surface area contributed by atoms with Crippen molar-refractivity contribution in [2.75, 3.05) is 6.54 Å². The zero-order chi connectivity index (χ0) is 21.5. The van der Waals surface area contributed by atoms with Crippen LogP contribution in [0.25, 0.3) is 5.69 Å².